The maximum absolute atomic E-state index is 2.69. The van der Waals surface area contributed by atoms with Gasteiger partial charge in [-0.25, -0.2) is 0 Å². The number of hydrogen-bond donors (Lipinski definition) is 0. The van der Waals surface area contributed by atoms with Crippen LogP contribution in [0.4, 0.5) is 0 Å². The van der Waals surface area contributed by atoms with Gasteiger partial charge in [0.1, 0.15) is 8.07 Å². The van der Waals surface area contributed by atoms with Crippen LogP contribution in [-0.2, 0) is 12.8 Å². The molecule has 1 heteroatoms. The van der Waals surface area contributed by atoms with Crippen molar-refractivity contribution in [2.24, 2.45) is 0 Å². The molecular weight excluding hydrogens is 497 g/mol. The van der Waals surface area contributed by atoms with Gasteiger partial charge in [0.25, 0.3) is 0 Å². The second-order valence-corrected chi connectivity index (χ2v) is 16.8. The molecule has 4 aromatic carbocycles. The van der Waals surface area contributed by atoms with Crippen LogP contribution in [0.15, 0.2) is 95.3 Å². The van der Waals surface area contributed by atoms with E-state index in [1.54, 1.807) is 10.4 Å². The van der Waals surface area contributed by atoms with E-state index in [2.05, 4.69) is 124 Å². The Morgan fingerprint density at radius 1 is 0.600 bits per heavy atom. The monoisotopic (exact) mass is 538 g/mol. The molecule has 0 saturated heterocycles. The van der Waals surface area contributed by atoms with Crippen molar-refractivity contribution in [2.45, 2.75) is 71.9 Å². The molecule has 40 heavy (non-hydrogen) atoms. The van der Waals surface area contributed by atoms with Gasteiger partial charge in [0.2, 0.25) is 0 Å². The molecule has 0 unspecified atom stereocenters. The summed E-state index contributed by atoms with van der Waals surface area (Å²) in [6.45, 7) is 9.41. The van der Waals surface area contributed by atoms with Gasteiger partial charge >= 0.3 is 0 Å². The minimum absolute atomic E-state index is 1.11. The van der Waals surface area contributed by atoms with Gasteiger partial charge < -0.3 is 0 Å². The highest BCUT2D eigenvalue weighted by molar-refractivity contribution is 6.93. The lowest BCUT2D eigenvalue weighted by Crippen LogP contribution is -2.36. The summed E-state index contributed by atoms with van der Waals surface area (Å²) in [7, 11) is -1.88. The molecule has 0 atom stereocenters. The van der Waals surface area contributed by atoms with Gasteiger partial charge in [0.05, 0.1) is 0 Å². The zero-order chi connectivity index (χ0) is 27.7. The highest BCUT2D eigenvalue weighted by Gasteiger charge is 2.39. The third kappa shape index (κ3) is 5.08. The van der Waals surface area contributed by atoms with E-state index < -0.39 is 8.07 Å². The second-order valence-electron chi connectivity index (χ2n) is 12.3. The van der Waals surface area contributed by atoms with Crippen molar-refractivity contribution in [3.63, 3.8) is 0 Å². The zero-order valence-corrected chi connectivity index (χ0v) is 25.7. The van der Waals surface area contributed by atoms with E-state index >= 15 is 0 Å². The summed E-state index contributed by atoms with van der Waals surface area (Å²) >= 11 is 0. The molecule has 2 aliphatic rings. The van der Waals surface area contributed by atoms with Gasteiger partial charge in [-0.3, -0.25) is 0 Å². The minimum atomic E-state index is -1.88. The molecule has 0 amide bonds. The standard InChI is InChI=1S/C39H42Si/c1-5-6-7-8-21-40(4,34-24-32-17-11-19-36(38(32)26-34)30-15-9-13-28(2)22-30)35-25-33-18-12-20-37(39(33)27-35)31-16-10-14-29(3)23-31/h9-20,22-23,26-27H,5-8,21,24-25H2,1-4H3. The number of rotatable bonds is 9. The lowest BCUT2D eigenvalue weighted by Gasteiger charge is -2.31. The van der Waals surface area contributed by atoms with Crippen LogP contribution in [0, 0.1) is 13.8 Å². The Labute approximate surface area is 242 Å². The van der Waals surface area contributed by atoms with E-state index in [-0.39, 0.29) is 0 Å². The molecule has 0 bridgehead atoms. The predicted octanol–water partition coefficient (Wildman–Crippen LogP) is 11.0. The first kappa shape index (κ1) is 26.8. The Morgan fingerprint density at radius 3 is 1.57 bits per heavy atom. The van der Waals surface area contributed by atoms with E-state index in [1.165, 1.54) is 87.4 Å². The van der Waals surface area contributed by atoms with Crippen LogP contribution in [0.2, 0.25) is 12.6 Å². The molecule has 202 valence electrons. The summed E-state index contributed by atoms with van der Waals surface area (Å²) in [4.78, 5) is 0. The summed E-state index contributed by atoms with van der Waals surface area (Å²) in [5.74, 6) is 0. The van der Waals surface area contributed by atoms with Crippen LogP contribution in [0.25, 0.3) is 34.4 Å². The van der Waals surface area contributed by atoms with Crippen LogP contribution in [-0.4, -0.2) is 8.07 Å². The SMILES string of the molecule is CCCCCC[Si](C)(C1=Cc2c(cccc2-c2cccc(C)c2)C1)C1=Cc2c(cccc2-c2cccc(C)c2)C1. The average Bonchev–Trinajstić information content (AvgIpc) is 3.61. The van der Waals surface area contributed by atoms with E-state index in [4.69, 9.17) is 0 Å². The Bertz CT molecular complexity index is 1500. The summed E-state index contributed by atoms with van der Waals surface area (Å²) in [5.41, 5.74) is 14.1. The second kappa shape index (κ2) is 11.2. The number of fused-ring (bicyclic) bond motifs is 2. The minimum Gasteiger partial charge on any atom is -0.0712 e. The fourth-order valence-corrected chi connectivity index (χ4v) is 11.1. The van der Waals surface area contributed by atoms with Gasteiger partial charge in [-0.1, -0.05) is 164 Å². The lowest BCUT2D eigenvalue weighted by atomic mass is 9.96. The van der Waals surface area contributed by atoms with Crippen molar-refractivity contribution in [1.29, 1.82) is 0 Å². The summed E-state index contributed by atoms with van der Waals surface area (Å²) in [6, 6.07) is 33.3. The highest BCUT2D eigenvalue weighted by atomic mass is 28.3. The van der Waals surface area contributed by atoms with Gasteiger partial charge in [-0.2, -0.15) is 0 Å². The molecule has 0 aliphatic heterocycles. The summed E-state index contributed by atoms with van der Waals surface area (Å²) in [6.07, 6.45) is 12.8. The molecule has 0 radical (unpaired) electrons. The third-order valence-electron chi connectivity index (χ3n) is 9.40. The highest BCUT2D eigenvalue weighted by Crippen LogP contribution is 2.45. The molecule has 0 fully saturated rings. The van der Waals surface area contributed by atoms with Gasteiger partial charge in [-0.05, 0) is 71.2 Å². The number of benzene rings is 4. The van der Waals surface area contributed by atoms with Crippen LogP contribution in [0.1, 0.15) is 66.0 Å². The number of hydrogen-bond acceptors (Lipinski definition) is 0. The van der Waals surface area contributed by atoms with Crippen LogP contribution in [0.3, 0.4) is 0 Å². The van der Waals surface area contributed by atoms with Crippen molar-refractivity contribution in [3.8, 4) is 22.3 Å². The summed E-state index contributed by atoms with van der Waals surface area (Å²) < 4.78 is 0. The van der Waals surface area contributed by atoms with Crippen molar-refractivity contribution in [2.75, 3.05) is 0 Å². The van der Waals surface area contributed by atoms with E-state index in [1.807, 2.05) is 0 Å². The first-order valence-corrected chi connectivity index (χ1v) is 18.0. The molecule has 4 aromatic rings. The number of unbranched alkanes of at least 4 members (excludes halogenated alkanes) is 3. The molecular formula is C39H42Si. The van der Waals surface area contributed by atoms with Gasteiger partial charge in [-0.15, -0.1) is 0 Å². The molecule has 0 heterocycles. The van der Waals surface area contributed by atoms with E-state index in [0.717, 1.165) is 12.8 Å². The number of aryl methyl sites for hydroxylation is 2. The molecule has 0 N–H and O–H groups in total. The summed E-state index contributed by atoms with van der Waals surface area (Å²) in [5, 5.41) is 3.46. The Hall–Kier alpha value is -3.42. The smallest absolute Gasteiger partial charge is 0.0712 e. The molecule has 0 aromatic heterocycles. The topological polar surface area (TPSA) is 0 Å². The lowest BCUT2D eigenvalue weighted by molar-refractivity contribution is 0.697. The van der Waals surface area contributed by atoms with Crippen molar-refractivity contribution < 1.29 is 0 Å². The fraction of sp³-hybridized carbons (Fsp3) is 0.282. The van der Waals surface area contributed by atoms with Crippen molar-refractivity contribution in [1.82, 2.24) is 0 Å². The first-order valence-electron chi connectivity index (χ1n) is 15.3. The molecule has 0 saturated carbocycles. The van der Waals surface area contributed by atoms with E-state index in [9.17, 15) is 0 Å². The predicted molar refractivity (Wildman–Crippen MR) is 177 cm³/mol. The normalized spacial score (nSPS) is 14.1. The van der Waals surface area contributed by atoms with Crippen molar-refractivity contribution in [3.05, 3.63) is 129 Å². The fourth-order valence-electron chi connectivity index (χ4n) is 7.01. The van der Waals surface area contributed by atoms with Gasteiger partial charge in [0.15, 0.2) is 0 Å². The molecule has 6 rings (SSSR count). The number of allylic oxidation sites excluding steroid dienone is 2. The van der Waals surface area contributed by atoms with Crippen LogP contribution >= 0.6 is 0 Å². The Balaban J connectivity index is 1.41. The Kier molecular flexibility index (Phi) is 7.51. The largest absolute Gasteiger partial charge is 0.106 e. The maximum Gasteiger partial charge on any atom is 0.106 e. The average molecular weight is 539 g/mol. The van der Waals surface area contributed by atoms with Crippen LogP contribution in [0.5, 0.6) is 0 Å². The zero-order valence-electron chi connectivity index (χ0n) is 24.7. The van der Waals surface area contributed by atoms with Crippen molar-refractivity contribution >= 4 is 20.2 Å². The first-order chi connectivity index (χ1) is 19.5. The van der Waals surface area contributed by atoms with Gasteiger partial charge in [0, 0.05) is 0 Å². The molecule has 2 aliphatic carbocycles. The molecule has 0 nitrogen and oxygen atoms in total. The van der Waals surface area contributed by atoms with Crippen LogP contribution < -0.4 is 0 Å². The third-order valence-corrected chi connectivity index (χ3v) is 14.2. The Morgan fingerprint density at radius 2 is 1.10 bits per heavy atom. The maximum atomic E-state index is 2.69. The van der Waals surface area contributed by atoms with E-state index in [0.29, 0.717) is 0 Å². The quantitative estimate of drug-likeness (QED) is 0.147. The molecule has 0 spiro atoms.